The van der Waals surface area contributed by atoms with E-state index in [1.807, 2.05) is 19.1 Å². The smallest absolute Gasteiger partial charge is 0.271 e. The van der Waals surface area contributed by atoms with E-state index in [-0.39, 0.29) is 17.5 Å². The highest BCUT2D eigenvalue weighted by atomic mass is 19.1. The van der Waals surface area contributed by atoms with Crippen LogP contribution in [0.4, 0.5) is 15.8 Å². The summed E-state index contributed by atoms with van der Waals surface area (Å²) in [4.78, 5) is 10.4. The van der Waals surface area contributed by atoms with Gasteiger partial charge in [0.2, 0.25) is 0 Å². The van der Waals surface area contributed by atoms with E-state index in [2.05, 4.69) is 5.32 Å². The molecule has 0 radical (unpaired) electrons. The summed E-state index contributed by atoms with van der Waals surface area (Å²) in [6, 6.07) is 9.73. The van der Waals surface area contributed by atoms with Gasteiger partial charge in [0, 0.05) is 23.9 Å². The second-order valence-electron chi connectivity index (χ2n) is 5.19. The number of nitro groups is 1. The van der Waals surface area contributed by atoms with Crippen LogP contribution in [-0.2, 0) is 0 Å². The average Bonchev–Trinajstić information content (AvgIpc) is 2.41. The molecule has 0 aliphatic heterocycles. The Hall–Kier alpha value is -2.43. The molecular weight excluding hydrogens is 271 g/mol. The fourth-order valence-electron chi connectivity index (χ4n) is 2.16. The highest BCUT2D eigenvalue weighted by molar-refractivity contribution is 5.54. The number of anilines is 1. The molecular formula is C16H17FN2O2. The molecule has 2 aromatic rings. The van der Waals surface area contributed by atoms with Crippen LogP contribution in [0.3, 0.4) is 0 Å². The maximum absolute atomic E-state index is 13.6. The zero-order valence-electron chi connectivity index (χ0n) is 12.2. The van der Waals surface area contributed by atoms with Gasteiger partial charge in [-0.1, -0.05) is 12.1 Å². The number of nitro benzene ring substituents is 1. The number of hydrogen-bond donors (Lipinski definition) is 1. The van der Waals surface area contributed by atoms with Gasteiger partial charge in [-0.2, -0.15) is 0 Å². The van der Waals surface area contributed by atoms with Crippen LogP contribution in [-0.4, -0.2) is 4.92 Å². The maximum atomic E-state index is 13.6. The molecule has 0 saturated heterocycles. The lowest BCUT2D eigenvalue weighted by molar-refractivity contribution is -0.384. The summed E-state index contributed by atoms with van der Waals surface area (Å²) in [5, 5.41) is 14.0. The van der Waals surface area contributed by atoms with E-state index in [0.717, 1.165) is 11.1 Å². The van der Waals surface area contributed by atoms with E-state index in [4.69, 9.17) is 0 Å². The fraction of sp³-hybridized carbons (Fsp3) is 0.250. The first-order valence-electron chi connectivity index (χ1n) is 6.65. The first kappa shape index (κ1) is 15.0. The Morgan fingerprint density at radius 1 is 1.19 bits per heavy atom. The van der Waals surface area contributed by atoms with Crippen LogP contribution in [0.5, 0.6) is 0 Å². The van der Waals surface area contributed by atoms with E-state index in [1.54, 1.807) is 19.9 Å². The van der Waals surface area contributed by atoms with Crippen molar-refractivity contribution in [1.29, 1.82) is 0 Å². The molecule has 0 bridgehead atoms. The minimum atomic E-state index is -0.422. The molecule has 0 saturated carbocycles. The van der Waals surface area contributed by atoms with Crippen LogP contribution in [0.25, 0.3) is 0 Å². The Morgan fingerprint density at radius 2 is 1.90 bits per heavy atom. The zero-order chi connectivity index (χ0) is 15.6. The van der Waals surface area contributed by atoms with E-state index < -0.39 is 4.92 Å². The molecule has 21 heavy (non-hydrogen) atoms. The summed E-state index contributed by atoms with van der Waals surface area (Å²) in [5.41, 5.74) is 2.88. The monoisotopic (exact) mass is 288 g/mol. The van der Waals surface area contributed by atoms with Crippen LogP contribution < -0.4 is 5.32 Å². The van der Waals surface area contributed by atoms with Crippen molar-refractivity contribution in [3.63, 3.8) is 0 Å². The predicted molar refractivity (Wildman–Crippen MR) is 81.0 cm³/mol. The van der Waals surface area contributed by atoms with Crippen LogP contribution in [0.1, 0.15) is 29.7 Å². The Kier molecular flexibility index (Phi) is 4.21. The zero-order valence-corrected chi connectivity index (χ0v) is 12.2. The van der Waals surface area contributed by atoms with Crippen LogP contribution >= 0.6 is 0 Å². The molecule has 0 spiro atoms. The van der Waals surface area contributed by atoms with Gasteiger partial charge < -0.3 is 5.32 Å². The standard InChI is InChI=1S/C16H17FN2O2/c1-10-6-14(9-15(7-10)19(20)21)18-12(3)13-5-4-11(2)16(17)8-13/h4-9,12,18H,1-3H3. The summed E-state index contributed by atoms with van der Waals surface area (Å²) in [6.07, 6.45) is 0. The highest BCUT2D eigenvalue weighted by Gasteiger charge is 2.11. The maximum Gasteiger partial charge on any atom is 0.271 e. The van der Waals surface area contributed by atoms with Gasteiger partial charge in [0.25, 0.3) is 5.69 Å². The van der Waals surface area contributed by atoms with Crippen molar-refractivity contribution in [2.45, 2.75) is 26.8 Å². The van der Waals surface area contributed by atoms with Gasteiger partial charge >= 0.3 is 0 Å². The second-order valence-corrected chi connectivity index (χ2v) is 5.19. The minimum Gasteiger partial charge on any atom is -0.378 e. The Bertz CT molecular complexity index is 686. The number of rotatable bonds is 4. The second kappa shape index (κ2) is 5.91. The van der Waals surface area contributed by atoms with Crippen LogP contribution in [0, 0.1) is 29.8 Å². The number of nitrogens with one attached hydrogen (secondary N) is 1. The fourth-order valence-corrected chi connectivity index (χ4v) is 2.16. The van der Waals surface area contributed by atoms with Crippen molar-refractivity contribution >= 4 is 11.4 Å². The lowest BCUT2D eigenvalue weighted by Crippen LogP contribution is -2.07. The molecule has 5 heteroatoms. The number of nitrogens with zero attached hydrogens (tertiary/aromatic N) is 1. The van der Waals surface area contributed by atoms with Gasteiger partial charge in [0.1, 0.15) is 5.82 Å². The van der Waals surface area contributed by atoms with Crippen molar-refractivity contribution in [1.82, 2.24) is 0 Å². The molecule has 2 rings (SSSR count). The Balaban J connectivity index is 2.24. The third-order valence-electron chi connectivity index (χ3n) is 3.35. The van der Waals surface area contributed by atoms with Gasteiger partial charge in [0.15, 0.2) is 0 Å². The van der Waals surface area contributed by atoms with E-state index in [0.29, 0.717) is 11.3 Å². The van der Waals surface area contributed by atoms with Gasteiger partial charge in [-0.25, -0.2) is 4.39 Å². The summed E-state index contributed by atoms with van der Waals surface area (Å²) in [7, 11) is 0. The minimum absolute atomic E-state index is 0.0415. The molecule has 1 N–H and O–H groups in total. The normalized spacial score (nSPS) is 12.0. The van der Waals surface area contributed by atoms with Crippen molar-refractivity contribution in [3.05, 3.63) is 69.0 Å². The lowest BCUT2D eigenvalue weighted by Gasteiger charge is -2.16. The van der Waals surface area contributed by atoms with Crippen molar-refractivity contribution < 1.29 is 9.31 Å². The van der Waals surface area contributed by atoms with Gasteiger partial charge in [-0.3, -0.25) is 10.1 Å². The molecule has 4 nitrogen and oxygen atoms in total. The predicted octanol–water partition coefficient (Wildman–Crippen LogP) is 4.52. The van der Waals surface area contributed by atoms with Gasteiger partial charge in [-0.15, -0.1) is 0 Å². The van der Waals surface area contributed by atoms with Gasteiger partial charge in [0.05, 0.1) is 4.92 Å². The summed E-state index contributed by atoms with van der Waals surface area (Å²) in [6.45, 7) is 5.40. The number of halogens is 1. The highest BCUT2D eigenvalue weighted by Crippen LogP contribution is 2.25. The summed E-state index contributed by atoms with van der Waals surface area (Å²) >= 11 is 0. The van der Waals surface area contributed by atoms with Crippen molar-refractivity contribution in [2.24, 2.45) is 0 Å². The van der Waals surface area contributed by atoms with E-state index >= 15 is 0 Å². The first-order valence-corrected chi connectivity index (χ1v) is 6.65. The molecule has 0 aromatic heterocycles. The molecule has 0 aliphatic carbocycles. The van der Waals surface area contributed by atoms with Crippen molar-refractivity contribution in [3.8, 4) is 0 Å². The number of aryl methyl sites for hydroxylation is 2. The van der Waals surface area contributed by atoms with Gasteiger partial charge in [-0.05, 0) is 49.6 Å². The topological polar surface area (TPSA) is 55.2 Å². The quantitative estimate of drug-likeness (QED) is 0.664. The molecule has 1 atom stereocenters. The average molecular weight is 288 g/mol. The molecule has 110 valence electrons. The van der Waals surface area contributed by atoms with Crippen LogP contribution in [0.2, 0.25) is 0 Å². The Morgan fingerprint density at radius 3 is 2.52 bits per heavy atom. The lowest BCUT2D eigenvalue weighted by atomic mass is 10.1. The number of benzene rings is 2. The van der Waals surface area contributed by atoms with Crippen LogP contribution in [0.15, 0.2) is 36.4 Å². The third kappa shape index (κ3) is 3.56. The van der Waals surface area contributed by atoms with Crippen molar-refractivity contribution in [2.75, 3.05) is 5.32 Å². The molecule has 2 aromatic carbocycles. The summed E-state index contributed by atoms with van der Waals surface area (Å²) in [5.74, 6) is -0.253. The van der Waals surface area contributed by atoms with E-state index in [9.17, 15) is 14.5 Å². The number of non-ortho nitro benzene ring substituents is 1. The molecule has 1 unspecified atom stereocenters. The largest absolute Gasteiger partial charge is 0.378 e. The number of hydrogen-bond acceptors (Lipinski definition) is 3. The third-order valence-corrected chi connectivity index (χ3v) is 3.35. The molecule has 0 fully saturated rings. The summed E-state index contributed by atoms with van der Waals surface area (Å²) < 4.78 is 13.6. The molecule has 0 heterocycles. The van der Waals surface area contributed by atoms with E-state index in [1.165, 1.54) is 18.2 Å². The Labute approximate surface area is 122 Å². The first-order chi connectivity index (χ1) is 9.86. The molecule has 0 aliphatic rings. The SMILES string of the molecule is Cc1cc(NC(C)c2ccc(C)c(F)c2)cc([N+](=O)[O-])c1. The molecule has 0 amide bonds.